The van der Waals surface area contributed by atoms with Crippen LogP contribution in [0.5, 0.6) is 0 Å². The molecule has 0 amide bonds. The van der Waals surface area contributed by atoms with Crippen LogP contribution in [-0.2, 0) is 4.79 Å². The van der Waals surface area contributed by atoms with Crippen molar-refractivity contribution in [2.24, 2.45) is 0 Å². The van der Waals surface area contributed by atoms with E-state index in [1.807, 2.05) is 0 Å². The summed E-state index contributed by atoms with van der Waals surface area (Å²) < 4.78 is 0. The molecule has 1 rings (SSSR count). The number of hydrogen-bond acceptors (Lipinski definition) is 3. The third kappa shape index (κ3) is 3.09. The molecule has 0 aromatic heterocycles. The Morgan fingerprint density at radius 2 is 1.75 bits per heavy atom. The van der Waals surface area contributed by atoms with Crippen LogP contribution in [-0.4, -0.2) is 61.2 Å². The van der Waals surface area contributed by atoms with Crippen LogP contribution in [0.1, 0.15) is 0 Å². The lowest BCUT2D eigenvalue weighted by Crippen LogP contribution is -2.47. The van der Waals surface area contributed by atoms with Crippen molar-refractivity contribution in [1.82, 2.24) is 9.80 Å². The summed E-state index contributed by atoms with van der Waals surface area (Å²) in [4.78, 5) is 14.7. The van der Waals surface area contributed by atoms with Gasteiger partial charge in [-0.2, -0.15) is 0 Å². The number of piperazine rings is 1. The minimum atomic E-state index is 0.578. The molecule has 0 unspecified atom stereocenters. The summed E-state index contributed by atoms with van der Waals surface area (Å²) in [6.07, 6.45) is 0.969. The van der Waals surface area contributed by atoms with Gasteiger partial charge < -0.3 is 4.79 Å². The van der Waals surface area contributed by atoms with E-state index in [9.17, 15) is 4.79 Å². The minimum Gasteiger partial charge on any atom is -0.302 e. The van der Waals surface area contributed by atoms with Crippen LogP contribution in [0.15, 0.2) is 0 Å². The lowest BCUT2D eigenvalue weighted by Gasteiger charge is -2.33. The number of hydrogen-bond donors (Lipinski definition) is 0. The molecule has 1 fully saturated rings. The second-order valence-corrected chi connectivity index (χ2v) is 3.38. The second kappa shape index (κ2) is 5.51. The van der Waals surface area contributed by atoms with Gasteiger partial charge in [0.2, 0.25) is 0 Å². The minimum absolute atomic E-state index is 0.578. The molecule has 0 saturated carbocycles. The van der Waals surface area contributed by atoms with E-state index in [1.54, 1.807) is 0 Å². The molecule has 1 aliphatic heterocycles. The Labute approximate surface area is 78.3 Å². The average molecular weight is 191 g/mol. The van der Waals surface area contributed by atoms with Crippen LogP contribution in [0.25, 0.3) is 0 Å². The van der Waals surface area contributed by atoms with Crippen molar-refractivity contribution in [1.29, 1.82) is 0 Å². The first-order chi connectivity index (χ1) is 5.86. The number of nitrogens with zero attached hydrogens (tertiary/aromatic N) is 2. The molecule has 0 aromatic carbocycles. The molecule has 0 spiro atoms. The van der Waals surface area contributed by atoms with E-state index in [4.69, 9.17) is 11.6 Å². The van der Waals surface area contributed by atoms with E-state index >= 15 is 0 Å². The first-order valence-corrected chi connectivity index (χ1v) is 4.84. The highest BCUT2D eigenvalue weighted by atomic mass is 35.5. The van der Waals surface area contributed by atoms with Gasteiger partial charge in [0.05, 0.1) is 6.54 Å². The summed E-state index contributed by atoms with van der Waals surface area (Å²) in [7, 11) is 0. The largest absolute Gasteiger partial charge is 0.302 e. The number of aldehydes is 1. The Morgan fingerprint density at radius 3 is 2.25 bits per heavy atom. The van der Waals surface area contributed by atoms with E-state index < -0.39 is 0 Å². The number of rotatable bonds is 4. The van der Waals surface area contributed by atoms with Gasteiger partial charge in [-0.25, -0.2) is 0 Å². The molecule has 1 heterocycles. The Bertz CT molecular complexity index is 135. The SMILES string of the molecule is O=CCN1CCN(CCCl)CC1. The van der Waals surface area contributed by atoms with Crippen LogP contribution in [0.4, 0.5) is 0 Å². The van der Waals surface area contributed by atoms with E-state index in [0.29, 0.717) is 12.4 Å². The average Bonchev–Trinajstić information content (AvgIpc) is 2.09. The van der Waals surface area contributed by atoms with Gasteiger partial charge in [0.15, 0.2) is 0 Å². The van der Waals surface area contributed by atoms with Crippen molar-refractivity contribution in [2.75, 3.05) is 45.1 Å². The number of carbonyl (C=O) groups excluding carboxylic acids is 1. The maximum Gasteiger partial charge on any atom is 0.133 e. The molecule has 0 bridgehead atoms. The fraction of sp³-hybridized carbons (Fsp3) is 0.875. The molecule has 12 heavy (non-hydrogen) atoms. The van der Waals surface area contributed by atoms with Gasteiger partial charge in [0, 0.05) is 38.6 Å². The number of carbonyl (C=O) groups is 1. The molecule has 0 N–H and O–H groups in total. The maximum absolute atomic E-state index is 10.2. The van der Waals surface area contributed by atoms with Crippen molar-refractivity contribution in [3.63, 3.8) is 0 Å². The summed E-state index contributed by atoms with van der Waals surface area (Å²) in [6, 6.07) is 0. The first kappa shape index (κ1) is 9.96. The highest BCUT2D eigenvalue weighted by molar-refractivity contribution is 6.18. The number of halogens is 1. The molecule has 70 valence electrons. The summed E-state index contributed by atoms with van der Waals surface area (Å²) in [5.41, 5.74) is 0. The predicted molar refractivity (Wildman–Crippen MR) is 49.7 cm³/mol. The zero-order valence-corrected chi connectivity index (χ0v) is 7.96. The molecule has 1 aliphatic rings. The number of alkyl halides is 1. The van der Waals surface area contributed by atoms with Crippen molar-refractivity contribution >= 4 is 17.9 Å². The topological polar surface area (TPSA) is 23.6 Å². The summed E-state index contributed by atoms with van der Waals surface area (Å²) in [5.74, 6) is 0.702. The predicted octanol–water partition coefficient (Wildman–Crippen LogP) is 0.0417. The van der Waals surface area contributed by atoms with Gasteiger partial charge in [0.25, 0.3) is 0 Å². The Balaban J connectivity index is 2.15. The second-order valence-electron chi connectivity index (χ2n) is 3.00. The van der Waals surface area contributed by atoms with Crippen molar-refractivity contribution in [2.45, 2.75) is 0 Å². The molecule has 0 atom stereocenters. The van der Waals surface area contributed by atoms with Crippen LogP contribution in [0.2, 0.25) is 0 Å². The molecular formula is C8H15ClN2O. The normalized spacial score (nSPS) is 21.1. The van der Waals surface area contributed by atoms with Gasteiger partial charge in [-0.3, -0.25) is 9.80 Å². The lowest BCUT2D eigenvalue weighted by molar-refractivity contribution is -0.109. The first-order valence-electron chi connectivity index (χ1n) is 4.31. The van der Waals surface area contributed by atoms with Crippen LogP contribution >= 0.6 is 11.6 Å². The Hall–Kier alpha value is -0.120. The Kier molecular flexibility index (Phi) is 4.58. The fourth-order valence-corrected chi connectivity index (χ4v) is 1.66. The third-order valence-electron chi connectivity index (χ3n) is 2.20. The van der Waals surface area contributed by atoms with Crippen molar-refractivity contribution in [3.8, 4) is 0 Å². The van der Waals surface area contributed by atoms with Gasteiger partial charge in [0.1, 0.15) is 6.29 Å². The molecule has 0 aliphatic carbocycles. The maximum atomic E-state index is 10.2. The zero-order chi connectivity index (χ0) is 8.81. The van der Waals surface area contributed by atoms with Crippen molar-refractivity contribution < 1.29 is 4.79 Å². The third-order valence-corrected chi connectivity index (χ3v) is 2.37. The van der Waals surface area contributed by atoms with Gasteiger partial charge in [-0.05, 0) is 0 Å². The van der Waals surface area contributed by atoms with Crippen molar-refractivity contribution in [3.05, 3.63) is 0 Å². The highest BCUT2D eigenvalue weighted by Gasteiger charge is 2.14. The Morgan fingerprint density at radius 1 is 1.17 bits per heavy atom. The van der Waals surface area contributed by atoms with Gasteiger partial charge in [-0.1, -0.05) is 0 Å². The van der Waals surface area contributed by atoms with E-state index in [2.05, 4.69) is 9.80 Å². The fourth-order valence-electron chi connectivity index (χ4n) is 1.42. The van der Waals surface area contributed by atoms with E-state index in [-0.39, 0.29) is 0 Å². The quantitative estimate of drug-likeness (QED) is 0.462. The van der Waals surface area contributed by atoms with E-state index in [0.717, 1.165) is 39.0 Å². The standard InChI is InChI=1S/C8H15ClN2O/c9-1-2-10-3-5-11(6-4-10)7-8-12/h8H,1-7H2. The van der Waals surface area contributed by atoms with Crippen LogP contribution in [0.3, 0.4) is 0 Å². The summed E-state index contributed by atoms with van der Waals surface area (Å²) >= 11 is 5.62. The van der Waals surface area contributed by atoms with Gasteiger partial charge >= 0.3 is 0 Å². The summed E-state index contributed by atoms with van der Waals surface area (Å²) in [5, 5.41) is 0. The molecule has 4 heteroatoms. The lowest BCUT2D eigenvalue weighted by atomic mass is 10.3. The van der Waals surface area contributed by atoms with Crippen LogP contribution in [0, 0.1) is 0 Å². The van der Waals surface area contributed by atoms with Crippen LogP contribution < -0.4 is 0 Å². The molecule has 0 aromatic rings. The molecule has 0 radical (unpaired) electrons. The molecule has 3 nitrogen and oxygen atoms in total. The zero-order valence-electron chi connectivity index (χ0n) is 7.21. The smallest absolute Gasteiger partial charge is 0.133 e. The molecular weight excluding hydrogens is 176 g/mol. The van der Waals surface area contributed by atoms with E-state index in [1.165, 1.54) is 0 Å². The molecule has 1 saturated heterocycles. The highest BCUT2D eigenvalue weighted by Crippen LogP contribution is 2.00. The monoisotopic (exact) mass is 190 g/mol. The summed E-state index contributed by atoms with van der Waals surface area (Å²) in [6.45, 7) is 5.62. The van der Waals surface area contributed by atoms with Gasteiger partial charge in [-0.15, -0.1) is 11.6 Å².